The number of rotatable bonds is 14. The van der Waals surface area contributed by atoms with E-state index in [2.05, 4.69) is 492 Å². The second-order valence-corrected chi connectivity index (χ2v) is 39.6. The number of benzene rings is 12. The first kappa shape index (κ1) is 74.8. The van der Waals surface area contributed by atoms with Gasteiger partial charge >= 0.3 is 0 Å². The van der Waals surface area contributed by atoms with E-state index in [-0.39, 0.29) is 49.4 Å². The van der Waals surface area contributed by atoms with Crippen molar-refractivity contribution in [2.75, 3.05) is 0 Å². The zero-order valence-corrected chi connectivity index (χ0v) is 73.0. The van der Waals surface area contributed by atoms with Gasteiger partial charge in [-0.05, 0) is 404 Å². The van der Waals surface area contributed by atoms with Gasteiger partial charge in [0.25, 0.3) is 0 Å². The Kier molecular flexibility index (Phi) is 30.6. The van der Waals surface area contributed by atoms with Gasteiger partial charge in [0.1, 0.15) is 5.82 Å². The van der Waals surface area contributed by atoms with Gasteiger partial charge in [0.15, 0.2) is 58.7 Å². The molecule has 0 aromatic heterocycles. The molecule has 0 aliphatic rings. The lowest BCUT2D eigenvalue weighted by Crippen LogP contribution is -2.05. The summed E-state index contributed by atoms with van der Waals surface area (Å²) in [5, 5.41) is 0. The molecule has 0 amide bonds. The molecule has 0 saturated heterocycles. The Hall–Kier alpha value is -1.46. The summed E-state index contributed by atoms with van der Waals surface area (Å²) in [6.45, 7) is 8.83. The summed E-state index contributed by atoms with van der Waals surface area (Å²) in [5.41, 5.74) is 4.09. The van der Waals surface area contributed by atoms with Crippen LogP contribution in [0.5, 0.6) is 0 Å². The van der Waals surface area contributed by atoms with Gasteiger partial charge in [0.05, 0.1) is 43.6 Å². The molecular formula is C78H62FI9S4+4. The van der Waals surface area contributed by atoms with Crippen LogP contribution in [0.1, 0.15) is 43.4 Å². The van der Waals surface area contributed by atoms with Crippen LogP contribution in [0.25, 0.3) is 0 Å². The highest BCUT2D eigenvalue weighted by Crippen LogP contribution is 2.38. The van der Waals surface area contributed by atoms with E-state index in [1.807, 2.05) is 12.1 Å². The van der Waals surface area contributed by atoms with E-state index in [1.165, 1.54) is 103 Å². The molecule has 92 heavy (non-hydrogen) atoms. The third kappa shape index (κ3) is 21.3. The number of hydrogen-bond acceptors (Lipinski definition) is 0. The van der Waals surface area contributed by atoms with E-state index < -0.39 is 0 Å². The van der Waals surface area contributed by atoms with Gasteiger partial charge in [0.2, 0.25) is 0 Å². The maximum atomic E-state index is 13.3. The van der Waals surface area contributed by atoms with E-state index in [0.29, 0.717) is 5.92 Å². The molecule has 12 aromatic carbocycles. The molecule has 0 aliphatic carbocycles. The van der Waals surface area contributed by atoms with Gasteiger partial charge in [-0.2, -0.15) is 0 Å². The third-order valence-electron chi connectivity index (χ3n) is 14.1. The standard InChI is InChI=1S/C21H19I2S.C20H17I2S.C19H15I2S.C18H11FI3S/c1-15(2)16-8-10-18(11-9-16)24(17-6-4-3-5-7-17)19-12-13-20(22)21(23)14-19;1-2-15-8-10-17(11-9-15)23(16-6-4-3-5-7-16)18-12-13-19(21)20(22)14-18;1-14-7-9-16(10-8-14)22(15-5-3-2-4-6-15)17-11-12-18(20)19(21)13-17;19-12-1-5-14(6-2-12)23(15-7-3-13(20)4-8-15)16-9-10-17(21)18(22)11-16/h3-15H,1-2H3;3-14H,2H2,1H3;2-13H,1H3;1-11H/q4*+1. The van der Waals surface area contributed by atoms with Gasteiger partial charge < -0.3 is 0 Å². The second-order valence-electron chi connectivity index (χ2n) is 20.9. The molecule has 12 rings (SSSR count). The van der Waals surface area contributed by atoms with Crippen LogP contribution in [0.4, 0.5) is 4.39 Å². The average Bonchev–Trinajstić information content (AvgIpc) is 2.13. The SMILES string of the molecule is CC(C)c1ccc([S+](c2ccccc2)c2ccc(I)c(I)c2)cc1.CCc1ccc([S+](c2ccccc2)c2ccc(I)c(I)c2)cc1.Cc1ccc([S+](c2ccccc2)c2ccc(I)c(I)c2)cc1.Fc1ccc([S+](c2ccc(I)cc2)c2ccc(I)c(I)c2)cc1. The summed E-state index contributed by atoms with van der Waals surface area (Å²) in [6, 6.07) is 102. The van der Waals surface area contributed by atoms with E-state index in [1.54, 1.807) is 12.1 Å². The van der Waals surface area contributed by atoms with E-state index in [9.17, 15) is 4.39 Å². The molecule has 12 aromatic rings. The number of aryl methyl sites for hydroxylation is 2. The van der Waals surface area contributed by atoms with Crippen LogP contribution in [0.15, 0.2) is 344 Å². The lowest BCUT2D eigenvalue weighted by atomic mass is 10.0. The summed E-state index contributed by atoms with van der Waals surface area (Å²) in [5.74, 6) is 0.369. The van der Waals surface area contributed by atoms with E-state index >= 15 is 0 Å². The van der Waals surface area contributed by atoms with E-state index in [0.717, 1.165) is 11.3 Å². The van der Waals surface area contributed by atoms with Crippen LogP contribution < -0.4 is 0 Å². The normalized spacial score (nSPS) is 12.2. The van der Waals surface area contributed by atoms with Crippen molar-refractivity contribution in [2.45, 2.75) is 98.8 Å². The molecular weight excluding hydrogens is 2230 g/mol. The fourth-order valence-electron chi connectivity index (χ4n) is 9.38. The molecule has 0 N–H and O–H groups in total. The predicted octanol–water partition coefficient (Wildman–Crippen LogP) is 26.7. The fourth-order valence-corrected chi connectivity index (χ4v) is 22.3. The zero-order valence-electron chi connectivity index (χ0n) is 50.3. The van der Waals surface area contributed by atoms with Gasteiger partial charge in [-0.25, -0.2) is 4.39 Å². The second kappa shape index (κ2) is 37.7. The van der Waals surface area contributed by atoms with Crippen LogP contribution in [-0.2, 0) is 50.0 Å². The highest BCUT2D eigenvalue weighted by Gasteiger charge is 2.33. The van der Waals surface area contributed by atoms with Crippen molar-refractivity contribution in [3.63, 3.8) is 0 Å². The van der Waals surface area contributed by atoms with Crippen LogP contribution in [0.3, 0.4) is 0 Å². The molecule has 0 fully saturated rings. The zero-order chi connectivity index (χ0) is 65.3. The predicted molar refractivity (Wildman–Crippen MR) is 469 cm³/mol. The van der Waals surface area contributed by atoms with Gasteiger partial charge in [0, 0.05) is 56.4 Å². The molecule has 4 unspecified atom stereocenters. The Bertz CT molecular complexity index is 4250. The molecule has 0 spiro atoms. The molecule has 0 saturated carbocycles. The third-order valence-corrected chi connectivity index (χ3v) is 35.2. The Morgan fingerprint density at radius 3 is 0.815 bits per heavy atom. The van der Waals surface area contributed by atoms with E-state index in [4.69, 9.17) is 0 Å². The number of hydrogen-bond donors (Lipinski definition) is 0. The Morgan fingerprint density at radius 2 is 0.533 bits per heavy atom. The molecule has 0 bridgehead atoms. The molecule has 14 heteroatoms. The van der Waals surface area contributed by atoms with Crippen molar-refractivity contribution in [3.8, 4) is 0 Å². The molecule has 0 heterocycles. The van der Waals surface area contributed by atoms with Gasteiger partial charge in [-0.1, -0.05) is 117 Å². The quantitative estimate of drug-likeness (QED) is 0.0752. The van der Waals surface area contributed by atoms with Crippen molar-refractivity contribution in [1.82, 2.24) is 0 Å². The Balaban J connectivity index is 0.000000145. The first-order valence-corrected chi connectivity index (χ1v) is 43.7. The van der Waals surface area contributed by atoms with Crippen molar-refractivity contribution in [1.29, 1.82) is 0 Å². The minimum absolute atomic E-state index is 0.0496. The molecule has 0 radical (unpaired) electrons. The lowest BCUT2D eigenvalue weighted by Gasteiger charge is -2.10. The maximum Gasteiger partial charge on any atom is 0.167 e. The lowest BCUT2D eigenvalue weighted by molar-refractivity contribution is 0.626. The Morgan fingerprint density at radius 1 is 0.283 bits per heavy atom. The van der Waals surface area contributed by atoms with Crippen molar-refractivity contribution < 1.29 is 4.39 Å². The van der Waals surface area contributed by atoms with Gasteiger partial charge in [-0.15, -0.1) is 0 Å². The van der Waals surface area contributed by atoms with Crippen molar-refractivity contribution in [2.24, 2.45) is 0 Å². The van der Waals surface area contributed by atoms with Crippen LogP contribution >= 0.6 is 203 Å². The highest BCUT2D eigenvalue weighted by atomic mass is 127. The summed E-state index contributed by atoms with van der Waals surface area (Å²) in [7, 11) is -0.392. The van der Waals surface area contributed by atoms with Crippen molar-refractivity contribution in [3.05, 3.63) is 340 Å². The minimum Gasteiger partial charge on any atom is -0.207 e. The number of halogens is 10. The largest absolute Gasteiger partial charge is 0.207 e. The monoisotopic (exact) mass is 2290 g/mol. The topological polar surface area (TPSA) is 0 Å². The maximum absolute atomic E-state index is 13.3. The Labute approximate surface area is 678 Å². The average molecular weight is 2290 g/mol. The first-order chi connectivity index (χ1) is 44.4. The summed E-state index contributed by atoms with van der Waals surface area (Å²) < 4.78 is 24.9. The highest BCUT2D eigenvalue weighted by molar-refractivity contribution is 14.1. The smallest absolute Gasteiger partial charge is 0.167 e. The van der Waals surface area contributed by atoms with Crippen LogP contribution in [-0.4, -0.2) is 0 Å². The minimum atomic E-state index is -0.228. The summed E-state index contributed by atoms with van der Waals surface area (Å²) >= 11 is 21.5. The van der Waals surface area contributed by atoms with Crippen LogP contribution in [0.2, 0.25) is 0 Å². The summed E-state index contributed by atoms with van der Waals surface area (Å²) in [4.78, 5) is 16.0. The van der Waals surface area contributed by atoms with Gasteiger partial charge in [-0.3, -0.25) is 0 Å². The summed E-state index contributed by atoms with van der Waals surface area (Å²) in [6.07, 6.45) is 1.08. The first-order valence-electron chi connectivity index (χ1n) is 29.1. The molecule has 0 aliphatic heterocycles. The van der Waals surface area contributed by atoms with Crippen LogP contribution in [0, 0.1) is 44.9 Å². The molecule has 464 valence electrons. The fraction of sp³-hybridized carbons (Fsp3) is 0.0769. The van der Waals surface area contributed by atoms with Crippen molar-refractivity contribution >= 4 is 247 Å². The molecule has 0 nitrogen and oxygen atoms in total. The molecule has 4 atom stereocenters.